The van der Waals surface area contributed by atoms with E-state index in [-0.39, 0.29) is 31.3 Å². The second-order valence-electron chi connectivity index (χ2n) is 7.86. The van der Waals surface area contributed by atoms with Crippen LogP contribution in [-0.2, 0) is 24.3 Å². The van der Waals surface area contributed by atoms with Crippen LogP contribution in [0.4, 0.5) is 5.82 Å². The maximum absolute atomic E-state index is 12.5. The highest BCUT2D eigenvalue weighted by molar-refractivity contribution is 7.98. The van der Waals surface area contributed by atoms with Crippen LogP contribution in [0.1, 0.15) is 23.8 Å². The molecule has 208 valence electrons. The second kappa shape index (κ2) is 14.4. The molecule has 15 heteroatoms. The van der Waals surface area contributed by atoms with Crippen LogP contribution >= 0.6 is 20.0 Å². The lowest BCUT2D eigenvalue weighted by atomic mass is 10.2. The topological polar surface area (TPSA) is 180 Å². The van der Waals surface area contributed by atoms with Gasteiger partial charge in [-0.2, -0.15) is 4.98 Å². The van der Waals surface area contributed by atoms with Crippen molar-refractivity contribution in [3.63, 3.8) is 0 Å². The number of nitrogen functional groups attached to an aromatic ring is 1. The van der Waals surface area contributed by atoms with Gasteiger partial charge in [0.05, 0.1) is 52.1 Å². The highest BCUT2D eigenvalue weighted by atomic mass is 32.2. The third-order valence-electron chi connectivity index (χ3n) is 5.60. The summed E-state index contributed by atoms with van der Waals surface area (Å²) in [5, 5.41) is 0. The molecule has 1 aliphatic rings. The number of hydrogen-bond acceptors (Lipinski definition) is 12. The van der Waals surface area contributed by atoms with Crippen LogP contribution in [0, 0.1) is 11.8 Å². The lowest BCUT2D eigenvalue weighted by Gasteiger charge is -2.19. The van der Waals surface area contributed by atoms with Crippen LogP contribution in [0.2, 0.25) is 0 Å². The Kier molecular flexibility index (Phi) is 11.3. The van der Waals surface area contributed by atoms with E-state index in [1.165, 1.54) is 22.5 Å². The molecule has 2 unspecified atom stereocenters. The minimum absolute atomic E-state index is 0.0162. The molecule has 0 amide bonds. The van der Waals surface area contributed by atoms with Crippen LogP contribution in [0.3, 0.4) is 0 Å². The van der Waals surface area contributed by atoms with Crippen molar-refractivity contribution in [3.05, 3.63) is 39.9 Å². The van der Waals surface area contributed by atoms with Crippen LogP contribution in [0.5, 0.6) is 17.2 Å². The SMILES string of the molecule is COc1cc(OC)c(CSCOC2C[C@H](n3cc(C#CCN)c(N)nc3=O)O[C@@H]2CO[PH](=O)O)c(OC)c1. The van der Waals surface area contributed by atoms with Crippen molar-refractivity contribution < 1.29 is 37.7 Å². The van der Waals surface area contributed by atoms with Crippen LogP contribution in [0.15, 0.2) is 23.1 Å². The Morgan fingerprint density at radius 2 is 1.97 bits per heavy atom. The van der Waals surface area contributed by atoms with E-state index in [0.29, 0.717) is 28.6 Å². The van der Waals surface area contributed by atoms with Gasteiger partial charge in [-0.15, -0.1) is 11.8 Å². The number of anilines is 1. The van der Waals surface area contributed by atoms with Gasteiger partial charge in [0.15, 0.2) is 0 Å². The molecule has 0 spiro atoms. The number of hydrogen-bond donors (Lipinski definition) is 3. The molecule has 3 rings (SSSR count). The van der Waals surface area contributed by atoms with E-state index >= 15 is 0 Å². The second-order valence-corrected chi connectivity index (χ2v) is 9.61. The molecule has 5 N–H and O–H groups in total. The van der Waals surface area contributed by atoms with Crippen molar-refractivity contribution in [2.24, 2.45) is 5.73 Å². The monoisotopic (exact) mass is 570 g/mol. The number of methoxy groups -OCH3 is 3. The molecule has 1 saturated heterocycles. The number of nitrogens with zero attached hydrogens (tertiary/aromatic N) is 2. The summed E-state index contributed by atoms with van der Waals surface area (Å²) < 4.78 is 45.6. The molecule has 4 atom stereocenters. The summed E-state index contributed by atoms with van der Waals surface area (Å²) >= 11 is 1.45. The quantitative estimate of drug-likeness (QED) is 0.143. The molecule has 1 fully saturated rings. The number of ether oxygens (including phenoxy) is 5. The molecule has 0 saturated carbocycles. The minimum atomic E-state index is -3.19. The molecule has 1 aromatic carbocycles. The van der Waals surface area contributed by atoms with E-state index in [1.54, 1.807) is 33.5 Å². The summed E-state index contributed by atoms with van der Waals surface area (Å²) in [5.74, 6) is 8.01. The summed E-state index contributed by atoms with van der Waals surface area (Å²) in [6.45, 7) is -0.0859. The van der Waals surface area contributed by atoms with E-state index in [4.69, 9.17) is 44.6 Å². The first-order chi connectivity index (χ1) is 18.3. The average Bonchev–Trinajstić information content (AvgIpc) is 3.31. The molecule has 1 aromatic heterocycles. The normalized spacial score (nSPS) is 19.4. The van der Waals surface area contributed by atoms with E-state index in [9.17, 15) is 9.36 Å². The first-order valence-corrected chi connectivity index (χ1v) is 13.8. The smallest absolute Gasteiger partial charge is 0.351 e. The largest absolute Gasteiger partial charge is 0.496 e. The zero-order valence-electron chi connectivity index (χ0n) is 21.2. The highest BCUT2D eigenvalue weighted by Gasteiger charge is 2.38. The van der Waals surface area contributed by atoms with Gasteiger partial charge in [-0.3, -0.25) is 9.13 Å². The zero-order valence-corrected chi connectivity index (χ0v) is 23.0. The number of rotatable bonds is 12. The fourth-order valence-corrected chi connectivity index (χ4v) is 4.93. The molecule has 0 radical (unpaired) electrons. The first-order valence-electron chi connectivity index (χ1n) is 11.4. The van der Waals surface area contributed by atoms with Crippen LogP contribution in [0.25, 0.3) is 0 Å². The van der Waals surface area contributed by atoms with E-state index in [1.807, 2.05) is 0 Å². The van der Waals surface area contributed by atoms with Crippen molar-refractivity contribution in [2.75, 3.05) is 46.2 Å². The number of benzene rings is 1. The van der Waals surface area contributed by atoms with Gasteiger partial charge in [0.25, 0.3) is 0 Å². The lowest BCUT2D eigenvalue weighted by Crippen LogP contribution is -2.29. The zero-order chi connectivity index (χ0) is 27.7. The summed E-state index contributed by atoms with van der Waals surface area (Å²) in [6.07, 6.45) is -0.332. The summed E-state index contributed by atoms with van der Waals surface area (Å²) in [7, 11) is 1.49. The van der Waals surface area contributed by atoms with Gasteiger partial charge in [-0.25, -0.2) is 4.79 Å². The van der Waals surface area contributed by atoms with Gasteiger partial charge in [0, 0.05) is 36.1 Å². The Balaban J connectivity index is 1.72. The maximum atomic E-state index is 12.5. The molecule has 2 heterocycles. The Morgan fingerprint density at radius 1 is 1.26 bits per heavy atom. The number of thioether (sulfide) groups is 1. The summed E-state index contributed by atoms with van der Waals surface area (Å²) in [6, 6.07) is 3.54. The van der Waals surface area contributed by atoms with Crippen LogP contribution < -0.4 is 31.4 Å². The fraction of sp³-hybridized carbons (Fsp3) is 0.478. The van der Waals surface area contributed by atoms with Crippen LogP contribution in [-0.4, -0.2) is 67.1 Å². The molecule has 1 aliphatic heterocycles. The minimum Gasteiger partial charge on any atom is -0.496 e. The van der Waals surface area contributed by atoms with Gasteiger partial charge >= 0.3 is 13.9 Å². The van der Waals surface area contributed by atoms with Gasteiger partial charge in [0.2, 0.25) is 0 Å². The standard InChI is InChI=1S/C23H31N4O9PS/c1-31-15-7-17(32-2)16(18(8-15)33-3)12-38-13-34-19-9-21(36-20(19)11-35-37(29)30)27-10-14(5-4-6-24)22(25)26-23(27)28/h7-8,10,19-21,37H,6,9,11-13,24H2,1-3H3,(H,29,30)(H2,25,26,28)/t19?,20-,21-/m1/s1. The molecule has 38 heavy (non-hydrogen) atoms. The van der Waals surface area contributed by atoms with Gasteiger partial charge in [-0.05, 0) is 0 Å². The Labute approximate surface area is 224 Å². The molecule has 0 aliphatic carbocycles. The number of nitrogens with two attached hydrogens (primary N) is 2. The van der Waals surface area contributed by atoms with Crippen molar-refractivity contribution in [1.29, 1.82) is 0 Å². The van der Waals surface area contributed by atoms with E-state index in [0.717, 1.165) is 5.56 Å². The van der Waals surface area contributed by atoms with Crippen molar-refractivity contribution >= 4 is 25.8 Å². The summed E-state index contributed by atoms with van der Waals surface area (Å²) in [4.78, 5) is 25.5. The molecular weight excluding hydrogens is 539 g/mol. The third kappa shape index (κ3) is 7.64. The lowest BCUT2D eigenvalue weighted by molar-refractivity contribution is -0.0509. The maximum Gasteiger partial charge on any atom is 0.351 e. The Hall–Kier alpha value is -2.76. The predicted octanol–water partition coefficient (Wildman–Crippen LogP) is 1.12. The predicted molar refractivity (Wildman–Crippen MR) is 142 cm³/mol. The van der Waals surface area contributed by atoms with E-state index < -0.39 is 32.4 Å². The Bertz CT molecular complexity index is 1220. The molecule has 2 aromatic rings. The number of aromatic nitrogens is 2. The average molecular weight is 571 g/mol. The fourth-order valence-electron chi connectivity index (χ4n) is 3.78. The first kappa shape index (κ1) is 29.8. The van der Waals surface area contributed by atoms with E-state index in [2.05, 4.69) is 16.8 Å². The summed E-state index contributed by atoms with van der Waals surface area (Å²) in [5.41, 5.74) is 11.8. The van der Waals surface area contributed by atoms with Gasteiger partial charge in [-0.1, -0.05) is 11.8 Å². The third-order valence-corrected chi connectivity index (χ3v) is 6.81. The van der Waals surface area contributed by atoms with Crippen molar-refractivity contribution in [3.8, 4) is 29.1 Å². The Morgan fingerprint density at radius 3 is 2.58 bits per heavy atom. The van der Waals surface area contributed by atoms with Crippen molar-refractivity contribution in [2.45, 2.75) is 30.6 Å². The molecular formula is C23H31N4O9PS. The molecule has 0 bridgehead atoms. The van der Waals surface area contributed by atoms with Gasteiger partial charge < -0.3 is 44.6 Å². The van der Waals surface area contributed by atoms with Crippen molar-refractivity contribution in [1.82, 2.24) is 9.55 Å². The molecule has 13 nitrogen and oxygen atoms in total. The van der Waals surface area contributed by atoms with Gasteiger partial charge in [0.1, 0.15) is 35.4 Å². The highest BCUT2D eigenvalue weighted by Crippen LogP contribution is 2.37.